The molecule has 2 aromatic carbocycles. The summed E-state index contributed by atoms with van der Waals surface area (Å²) in [6, 6.07) is 14.7. The van der Waals surface area contributed by atoms with Crippen molar-refractivity contribution in [1.29, 1.82) is 10.7 Å². The van der Waals surface area contributed by atoms with Gasteiger partial charge in [-0.25, -0.2) is 0 Å². The smallest absolute Gasteiger partial charge is 0.283 e. The van der Waals surface area contributed by atoms with Crippen molar-refractivity contribution in [2.75, 3.05) is 6.61 Å². The molecule has 4 rings (SSSR count). The van der Waals surface area contributed by atoms with Crippen LogP contribution in [0.1, 0.15) is 37.0 Å². The molecule has 2 aliphatic heterocycles. The molecule has 0 aromatic heterocycles. The molecule has 2 aromatic rings. The van der Waals surface area contributed by atoms with Crippen LogP contribution < -0.4 is 9.47 Å². The molecule has 0 unspecified atom stereocenters. The first-order valence-corrected chi connectivity index (χ1v) is 11.2. The van der Waals surface area contributed by atoms with Crippen LogP contribution in [-0.2, 0) is 11.4 Å². The molecule has 2 aliphatic rings. The number of hydrogen-bond acceptors (Lipinski definition) is 7. The fraction of sp³-hybridized carbons (Fsp3) is 0.208. The fourth-order valence-corrected chi connectivity index (χ4v) is 4.08. The van der Waals surface area contributed by atoms with Gasteiger partial charge in [-0.15, -0.1) is 0 Å². The largest absolute Gasteiger partial charge is 0.490 e. The van der Waals surface area contributed by atoms with E-state index in [4.69, 9.17) is 14.9 Å². The second-order valence-electron chi connectivity index (χ2n) is 7.06. The summed E-state index contributed by atoms with van der Waals surface area (Å²) in [5.41, 5.74) is 2.15. The van der Waals surface area contributed by atoms with E-state index >= 15 is 0 Å². The van der Waals surface area contributed by atoms with Gasteiger partial charge < -0.3 is 9.47 Å². The lowest BCUT2D eigenvalue weighted by molar-refractivity contribution is -0.114. The number of amidine groups is 2. The number of hydrogen-bond donors (Lipinski definition) is 1. The van der Waals surface area contributed by atoms with E-state index in [0.717, 1.165) is 10.6 Å². The van der Waals surface area contributed by atoms with Crippen LogP contribution in [0.3, 0.4) is 0 Å². The van der Waals surface area contributed by atoms with Gasteiger partial charge in [0.25, 0.3) is 5.91 Å². The normalized spacial score (nSPS) is 16.3. The number of nitriles is 1. The standard InChI is InChI=1S/C24H21N5O3S/c1-3-21-28-29-22(26)18(23(30)27-24(29)33-21)11-15-9-10-19(20(12-15)31-4-2)32-14-17-8-6-5-7-16(17)13-25/h5-12,26H,3-4,14H2,1-2H3/b18-11-,26-22?. The second-order valence-corrected chi connectivity index (χ2v) is 8.10. The SMILES string of the molecule is CCOc1cc(/C=C2/C(=N)N3N=C(CC)SC3=NC2=O)ccc1OCc1ccccc1C#N. The number of carbonyl (C=O) groups is 1. The summed E-state index contributed by atoms with van der Waals surface area (Å²) < 4.78 is 11.7. The van der Waals surface area contributed by atoms with Crippen LogP contribution in [0.2, 0.25) is 0 Å². The van der Waals surface area contributed by atoms with Crippen LogP contribution in [-0.4, -0.2) is 33.6 Å². The van der Waals surface area contributed by atoms with Crippen molar-refractivity contribution in [3.05, 3.63) is 64.7 Å². The highest BCUT2D eigenvalue weighted by atomic mass is 32.2. The monoisotopic (exact) mass is 459 g/mol. The van der Waals surface area contributed by atoms with E-state index in [1.165, 1.54) is 16.8 Å². The molecule has 9 heteroatoms. The van der Waals surface area contributed by atoms with E-state index in [-0.39, 0.29) is 18.0 Å². The van der Waals surface area contributed by atoms with Crippen LogP contribution in [0.15, 0.2) is 58.1 Å². The maximum Gasteiger partial charge on any atom is 0.283 e. The Morgan fingerprint density at radius 2 is 2.00 bits per heavy atom. The Morgan fingerprint density at radius 3 is 2.76 bits per heavy atom. The zero-order valence-electron chi connectivity index (χ0n) is 18.2. The summed E-state index contributed by atoms with van der Waals surface area (Å²) in [6.45, 7) is 4.47. The van der Waals surface area contributed by atoms with Crippen LogP contribution in [0.25, 0.3) is 6.08 Å². The molecule has 0 spiro atoms. The second kappa shape index (κ2) is 9.71. The van der Waals surface area contributed by atoms with Crippen LogP contribution in [0, 0.1) is 16.7 Å². The zero-order valence-corrected chi connectivity index (χ0v) is 19.0. The number of nitrogens with one attached hydrogen (secondary N) is 1. The van der Waals surface area contributed by atoms with Crippen molar-refractivity contribution >= 4 is 39.8 Å². The van der Waals surface area contributed by atoms with E-state index in [1.54, 1.807) is 30.3 Å². The van der Waals surface area contributed by atoms with Crippen LogP contribution in [0.5, 0.6) is 11.5 Å². The predicted molar refractivity (Wildman–Crippen MR) is 128 cm³/mol. The first-order chi connectivity index (χ1) is 16.0. The van der Waals surface area contributed by atoms with Crippen molar-refractivity contribution in [3.63, 3.8) is 0 Å². The molecule has 0 aliphatic carbocycles. The number of nitrogens with zero attached hydrogens (tertiary/aromatic N) is 4. The van der Waals surface area contributed by atoms with Crippen LogP contribution >= 0.6 is 11.8 Å². The number of benzene rings is 2. The van der Waals surface area contributed by atoms with Gasteiger partial charge in [0.15, 0.2) is 17.3 Å². The van der Waals surface area contributed by atoms with E-state index in [0.29, 0.717) is 40.8 Å². The maximum atomic E-state index is 12.6. The highest BCUT2D eigenvalue weighted by molar-refractivity contribution is 8.26. The lowest BCUT2D eigenvalue weighted by Gasteiger charge is -2.20. The van der Waals surface area contributed by atoms with Gasteiger partial charge in [0.1, 0.15) is 11.7 Å². The minimum Gasteiger partial charge on any atom is -0.490 e. The average Bonchev–Trinajstić information content (AvgIpc) is 3.25. The molecule has 166 valence electrons. The Hall–Kier alpha value is -3.90. The number of thioether (sulfide) groups is 1. The highest BCUT2D eigenvalue weighted by Gasteiger charge is 2.35. The first kappa shape index (κ1) is 22.3. The number of aliphatic imine (C=N–C) groups is 1. The van der Waals surface area contributed by atoms with Gasteiger partial charge in [0.05, 0.1) is 23.8 Å². The number of hydrazone groups is 1. The number of fused-ring (bicyclic) bond motifs is 1. The Balaban J connectivity index is 1.59. The number of carbonyl (C=O) groups excluding carboxylic acids is 1. The molecule has 0 atom stereocenters. The molecule has 33 heavy (non-hydrogen) atoms. The molecule has 0 radical (unpaired) electrons. The molecular weight excluding hydrogens is 438 g/mol. The molecular formula is C24H21N5O3S. The first-order valence-electron chi connectivity index (χ1n) is 10.4. The summed E-state index contributed by atoms with van der Waals surface area (Å²) in [7, 11) is 0. The van der Waals surface area contributed by atoms with Gasteiger partial charge in [-0.05, 0) is 54.9 Å². The van der Waals surface area contributed by atoms with E-state index in [9.17, 15) is 10.1 Å². The summed E-state index contributed by atoms with van der Waals surface area (Å²) in [5.74, 6) is 0.540. The minimum atomic E-state index is -0.474. The van der Waals surface area contributed by atoms with Gasteiger partial charge in [-0.3, -0.25) is 10.2 Å². The Morgan fingerprint density at radius 1 is 1.18 bits per heavy atom. The summed E-state index contributed by atoms with van der Waals surface area (Å²) in [4.78, 5) is 16.7. The Labute approximate surface area is 195 Å². The quantitative estimate of drug-likeness (QED) is 0.608. The summed E-state index contributed by atoms with van der Waals surface area (Å²) in [5, 5.41) is 24.7. The van der Waals surface area contributed by atoms with Gasteiger partial charge in [-0.2, -0.15) is 20.4 Å². The number of rotatable bonds is 7. The molecule has 0 saturated carbocycles. The Bertz CT molecular complexity index is 1260. The molecule has 0 saturated heterocycles. The third-order valence-corrected chi connectivity index (χ3v) is 5.95. The van der Waals surface area contributed by atoms with Gasteiger partial charge >= 0.3 is 0 Å². The van der Waals surface area contributed by atoms with Gasteiger partial charge in [-0.1, -0.05) is 31.2 Å². The molecule has 1 N–H and O–H groups in total. The van der Waals surface area contributed by atoms with E-state index in [1.807, 2.05) is 32.0 Å². The molecule has 1 amide bonds. The van der Waals surface area contributed by atoms with Crippen molar-refractivity contribution in [2.45, 2.75) is 26.9 Å². The highest BCUT2D eigenvalue weighted by Crippen LogP contribution is 2.32. The average molecular weight is 460 g/mol. The Kier molecular flexibility index (Phi) is 6.56. The third kappa shape index (κ3) is 4.66. The maximum absolute atomic E-state index is 12.6. The summed E-state index contributed by atoms with van der Waals surface area (Å²) in [6.07, 6.45) is 2.31. The topological polar surface area (TPSA) is 111 Å². The minimum absolute atomic E-state index is 0.00709. The lowest BCUT2D eigenvalue weighted by Crippen LogP contribution is -2.35. The summed E-state index contributed by atoms with van der Waals surface area (Å²) >= 11 is 1.31. The molecule has 0 bridgehead atoms. The molecule has 2 heterocycles. The van der Waals surface area contributed by atoms with Gasteiger partial charge in [0.2, 0.25) is 5.17 Å². The van der Waals surface area contributed by atoms with E-state index in [2.05, 4.69) is 16.2 Å². The van der Waals surface area contributed by atoms with E-state index < -0.39 is 5.91 Å². The predicted octanol–water partition coefficient (Wildman–Crippen LogP) is 4.57. The lowest BCUT2D eigenvalue weighted by atomic mass is 10.1. The molecule has 0 fully saturated rings. The van der Waals surface area contributed by atoms with Gasteiger partial charge in [0, 0.05) is 5.56 Å². The number of amides is 1. The molecule has 8 nitrogen and oxygen atoms in total. The third-order valence-electron chi connectivity index (χ3n) is 4.90. The zero-order chi connectivity index (χ0) is 23.4. The fourth-order valence-electron chi connectivity index (χ4n) is 3.25. The van der Waals surface area contributed by atoms with Crippen molar-refractivity contribution < 1.29 is 14.3 Å². The number of ether oxygens (including phenoxy) is 2. The van der Waals surface area contributed by atoms with Crippen molar-refractivity contribution in [3.8, 4) is 17.6 Å². The van der Waals surface area contributed by atoms with Crippen LogP contribution in [0.4, 0.5) is 0 Å². The van der Waals surface area contributed by atoms with Crippen molar-refractivity contribution in [2.24, 2.45) is 10.1 Å². The van der Waals surface area contributed by atoms with Crippen molar-refractivity contribution in [1.82, 2.24) is 5.01 Å².